The topological polar surface area (TPSA) is 22.1 Å². The highest BCUT2D eigenvalue weighted by Gasteiger charge is 2.25. The molecule has 1 aliphatic rings. The van der Waals surface area contributed by atoms with Crippen LogP contribution in [0, 0.1) is 5.41 Å². The molecule has 18 heavy (non-hydrogen) atoms. The van der Waals surface area contributed by atoms with Gasteiger partial charge in [-0.05, 0) is 24.8 Å². The third-order valence-corrected chi connectivity index (χ3v) is 3.45. The van der Waals surface area contributed by atoms with Gasteiger partial charge in [-0.1, -0.05) is 13.8 Å². The summed E-state index contributed by atoms with van der Waals surface area (Å²) in [6, 6.07) is 0. The molecule has 1 saturated heterocycles. The maximum absolute atomic E-state index is 4.69. The van der Waals surface area contributed by atoms with Crippen LogP contribution in [0.4, 0.5) is 0 Å². The summed E-state index contributed by atoms with van der Waals surface area (Å²) in [6.45, 7) is 9.15. The molecule has 0 unspecified atom stereocenters. The normalized spacial score (nSPS) is 19.4. The van der Waals surface area contributed by atoms with E-state index in [0.717, 1.165) is 19.0 Å². The molecule has 0 radical (unpaired) electrons. The van der Waals surface area contributed by atoms with Crippen LogP contribution < -0.4 is 0 Å². The lowest BCUT2D eigenvalue weighted by Gasteiger charge is -2.37. The van der Waals surface area contributed by atoms with Crippen LogP contribution in [0.25, 0.3) is 0 Å². The second-order valence-electron chi connectivity index (χ2n) is 6.51. The first-order chi connectivity index (χ1) is 8.32. The second-order valence-corrected chi connectivity index (χ2v) is 6.51. The fraction of sp³-hybridized carbons (Fsp3) is 0.929. The minimum atomic E-state index is 0.480. The molecule has 1 heterocycles. The third-order valence-electron chi connectivity index (χ3n) is 3.45. The minimum Gasteiger partial charge on any atom is -0.349 e. The lowest BCUT2D eigenvalue weighted by molar-refractivity contribution is 0.121. The fourth-order valence-corrected chi connectivity index (χ4v) is 2.71. The van der Waals surface area contributed by atoms with Gasteiger partial charge in [0.05, 0.1) is 6.54 Å². The van der Waals surface area contributed by atoms with Gasteiger partial charge >= 0.3 is 0 Å². The quantitative estimate of drug-likeness (QED) is 0.564. The Morgan fingerprint density at radius 2 is 1.78 bits per heavy atom. The standard InChI is InChI=1S/C14H30N4/c1-14(2)8-7-10-18(12-14)11-9-15-13(16(3)4)17(5)6/h7-12H2,1-6H3. The molecular weight excluding hydrogens is 224 g/mol. The summed E-state index contributed by atoms with van der Waals surface area (Å²) in [6.07, 6.45) is 2.68. The molecule has 4 nitrogen and oxygen atoms in total. The van der Waals surface area contributed by atoms with Crippen molar-refractivity contribution in [2.75, 3.05) is 54.4 Å². The zero-order valence-electron chi connectivity index (χ0n) is 13.0. The van der Waals surface area contributed by atoms with E-state index < -0.39 is 0 Å². The first kappa shape index (κ1) is 15.3. The average Bonchev–Trinajstić information content (AvgIpc) is 2.21. The summed E-state index contributed by atoms with van der Waals surface area (Å²) in [5.74, 6) is 1.05. The van der Waals surface area contributed by atoms with Crippen molar-refractivity contribution in [3.8, 4) is 0 Å². The van der Waals surface area contributed by atoms with Crippen molar-refractivity contribution < 1.29 is 0 Å². The van der Waals surface area contributed by atoms with Gasteiger partial charge in [0, 0.05) is 41.3 Å². The lowest BCUT2D eigenvalue weighted by Crippen LogP contribution is -2.41. The number of rotatable bonds is 3. The molecule has 0 bridgehead atoms. The van der Waals surface area contributed by atoms with Crippen LogP contribution in [0.2, 0.25) is 0 Å². The summed E-state index contributed by atoms with van der Waals surface area (Å²) in [5, 5.41) is 0. The van der Waals surface area contributed by atoms with E-state index in [-0.39, 0.29) is 0 Å². The highest BCUT2D eigenvalue weighted by Crippen LogP contribution is 2.27. The highest BCUT2D eigenvalue weighted by atomic mass is 15.3. The molecule has 1 aliphatic heterocycles. The van der Waals surface area contributed by atoms with Crippen LogP contribution in [-0.2, 0) is 0 Å². The zero-order chi connectivity index (χ0) is 13.8. The van der Waals surface area contributed by atoms with Gasteiger partial charge in [0.25, 0.3) is 0 Å². The number of nitrogens with zero attached hydrogens (tertiary/aromatic N) is 4. The van der Waals surface area contributed by atoms with E-state index >= 15 is 0 Å². The monoisotopic (exact) mass is 254 g/mol. The van der Waals surface area contributed by atoms with Crippen molar-refractivity contribution in [2.24, 2.45) is 10.4 Å². The summed E-state index contributed by atoms with van der Waals surface area (Å²) in [7, 11) is 8.18. The van der Waals surface area contributed by atoms with Crippen molar-refractivity contribution in [3.63, 3.8) is 0 Å². The van der Waals surface area contributed by atoms with Gasteiger partial charge in [0.1, 0.15) is 0 Å². The SMILES string of the molecule is CN(C)C(=NCCN1CCCC(C)(C)C1)N(C)C. The van der Waals surface area contributed by atoms with E-state index in [9.17, 15) is 0 Å². The zero-order valence-corrected chi connectivity index (χ0v) is 13.0. The second kappa shape index (κ2) is 6.41. The van der Waals surface area contributed by atoms with E-state index in [2.05, 4.69) is 28.5 Å². The summed E-state index contributed by atoms with van der Waals surface area (Å²) >= 11 is 0. The van der Waals surface area contributed by atoms with Crippen LogP contribution in [0.5, 0.6) is 0 Å². The molecule has 1 fully saturated rings. The van der Waals surface area contributed by atoms with Gasteiger partial charge in [-0.2, -0.15) is 0 Å². The van der Waals surface area contributed by atoms with Crippen molar-refractivity contribution in [3.05, 3.63) is 0 Å². The largest absolute Gasteiger partial charge is 0.349 e. The van der Waals surface area contributed by atoms with Gasteiger partial charge in [0.2, 0.25) is 0 Å². The van der Waals surface area contributed by atoms with E-state index in [1.165, 1.54) is 25.9 Å². The van der Waals surface area contributed by atoms with Crippen molar-refractivity contribution in [2.45, 2.75) is 26.7 Å². The van der Waals surface area contributed by atoms with E-state index in [4.69, 9.17) is 4.99 Å². The molecule has 0 atom stereocenters. The molecule has 0 N–H and O–H groups in total. The molecule has 0 aromatic heterocycles. The van der Waals surface area contributed by atoms with Crippen LogP contribution in [0.1, 0.15) is 26.7 Å². The lowest BCUT2D eigenvalue weighted by atomic mass is 9.84. The predicted molar refractivity (Wildman–Crippen MR) is 79.1 cm³/mol. The Labute approximate surface area is 113 Å². The van der Waals surface area contributed by atoms with Crippen molar-refractivity contribution >= 4 is 5.96 Å². The number of aliphatic imine (C=N–C) groups is 1. The minimum absolute atomic E-state index is 0.480. The molecule has 1 rings (SSSR count). The van der Waals surface area contributed by atoms with Gasteiger partial charge in [-0.3, -0.25) is 4.99 Å². The Morgan fingerprint density at radius 3 is 2.28 bits per heavy atom. The third kappa shape index (κ3) is 4.84. The Kier molecular flexibility index (Phi) is 5.45. The number of hydrogen-bond acceptors (Lipinski definition) is 2. The van der Waals surface area contributed by atoms with E-state index in [1.807, 2.05) is 28.2 Å². The Bertz CT molecular complexity index is 272. The smallest absolute Gasteiger partial charge is 0.195 e. The number of likely N-dealkylation sites (tertiary alicyclic amines) is 1. The molecule has 106 valence electrons. The first-order valence-electron chi connectivity index (χ1n) is 6.93. The average molecular weight is 254 g/mol. The number of hydrogen-bond donors (Lipinski definition) is 0. The van der Waals surface area contributed by atoms with Crippen molar-refractivity contribution in [1.29, 1.82) is 0 Å². The predicted octanol–water partition coefficient (Wildman–Crippen LogP) is 1.59. The highest BCUT2D eigenvalue weighted by molar-refractivity contribution is 5.79. The molecule has 0 aromatic rings. The molecule has 4 heteroatoms. The Hall–Kier alpha value is -0.770. The maximum atomic E-state index is 4.69. The van der Waals surface area contributed by atoms with Crippen molar-refractivity contribution in [1.82, 2.24) is 14.7 Å². The van der Waals surface area contributed by atoms with Gasteiger partial charge in [-0.25, -0.2) is 0 Å². The van der Waals surface area contributed by atoms with E-state index in [1.54, 1.807) is 0 Å². The van der Waals surface area contributed by atoms with E-state index in [0.29, 0.717) is 5.41 Å². The molecule has 0 amide bonds. The van der Waals surface area contributed by atoms with Gasteiger partial charge in [-0.15, -0.1) is 0 Å². The summed E-state index contributed by atoms with van der Waals surface area (Å²) in [5.41, 5.74) is 0.480. The first-order valence-corrected chi connectivity index (χ1v) is 6.93. The molecule has 0 spiro atoms. The summed E-state index contributed by atoms with van der Waals surface area (Å²) < 4.78 is 0. The number of guanidine groups is 1. The van der Waals surface area contributed by atoms with Crippen LogP contribution in [0.3, 0.4) is 0 Å². The molecule has 0 aromatic carbocycles. The summed E-state index contributed by atoms with van der Waals surface area (Å²) in [4.78, 5) is 11.4. The molecule has 0 aliphatic carbocycles. The van der Waals surface area contributed by atoms with Crippen LogP contribution >= 0.6 is 0 Å². The molecule has 0 saturated carbocycles. The number of piperidine rings is 1. The Morgan fingerprint density at radius 1 is 1.17 bits per heavy atom. The van der Waals surface area contributed by atoms with Gasteiger partial charge in [0.15, 0.2) is 5.96 Å². The molecular formula is C14H30N4. The van der Waals surface area contributed by atoms with Crippen LogP contribution in [0.15, 0.2) is 4.99 Å². The Balaban J connectivity index is 2.43. The van der Waals surface area contributed by atoms with Gasteiger partial charge < -0.3 is 14.7 Å². The maximum Gasteiger partial charge on any atom is 0.195 e. The fourth-order valence-electron chi connectivity index (χ4n) is 2.71. The van der Waals surface area contributed by atoms with Crippen LogP contribution in [-0.4, -0.2) is 75.0 Å².